The number of aliphatic hydroxyl groups excluding tert-OH is 1. The number of aliphatic hydroxyl groups is 1. The van der Waals surface area contributed by atoms with Crippen molar-refractivity contribution in [1.82, 2.24) is 5.32 Å². The van der Waals surface area contributed by atoms with Gasteiger partial charge in [0.2, 0.25) is 0 Å². The number of fused-ring (bicyclic) bond motifs is 1. The van der Waals surface area contributed by atoms with Gasteiger partial charge >= 0.3 is 0 Å². The Morgan fingerprint density at radius 3 is 2.67 bits per heavy atom. The summed E-state index contributed by atoms with van der Waals surface area (Å²) in [5.41, 5.74) is 1.11. The monoisotopic (exact) mass is 251 g/mol. The Hall–Kier alpha value is -1.26. The predicted molar refractivity (Wildman–Crippen MR) is 70.2 cm³/mol. The second-order valence-electron chi connectivity index (χ2n) is 5.18. The fourth-order valence-corrected chi connectivity index (χ4v) is 2.05. The minimum Gasteiger partial charge on any atom is -0.490 e. The van der Waals surface area contributed by atoms with Gasteiger partial charge in [0.05, 0.1) is 19.9 Å². The summed E-state index contributed by atoms with van der Waals surface area (Å²) in [6.45, 7) is 6.38. The first-order valence-electron chi connectivity index (χ1n) is 6.35. The van der Waals surface area contributed by atoms with E-state index in [2.05, 4.69) is 25.2 Å². The van der Waals surface area contributed by atoms with Crippen LogP contribution in [0.1, 0.15) is 25.8 Å². The van der Waals surface area contributed by atoms with Gasteiger partial charge in [-0.1, -0.05) is 19.9 Å². The smallest absolute Gasteiger partial charge is 0.161 e. The van der Waals surface area contributed by atoms with Crippen LogP contribution in [0.15, 0.2) is 18.2 Å². The van der Waals surface area contributed by atoms with Crippen LogP contribution < -0.4 is 14.8 Å². The van der Waals surface area contributed by atoms with E-state index in [0.717, 1.165) is 17.9 Å². The molecule has 1 aliphatic rings. The van der Waals surface area contributed by atoms with E-state index in [1.807, 2.05) is 12.1 Å². The van der Waals surface area contributed by atoms with Crippen molar-refractivity contribution in [2.45, 2.75) is 25.7 Å². The molecule has 0 bridgehead atoms. The zero-order chi connectivity index (χ0) is 13.0. The van der Waals surface area contributed by atoms with Gasteiger partial charge in [0, 0.05) is 18.4 Å². The third kappa shape index (κ3) is 2.94. The van der Waals surface area contributed by atoms with Crippen molar-refractivity contribution in [2.24, 2.45) is 0 Å². The lowest BCUT2D eigenvalue weighted by Crippen LogP contribution is -2.33. The first-order chi connectivity index (χ1) is 8.63. The van der Waals surface area contributed by atoms with Crippen LogP contribution in [0, 0.1) is 0 Å². The van der Waals surface area contributed by atoms with E-state index >= 15 is 0 Å². The number of nitrogens with one attached hydrogen (secondary N) is 1. The maximum Gasteiger partial charge on any atom is 0.161 e. The van der Waals surface area contributed by atoms with Crippen LogP contribution in [0.3, 0.4) is 0 Å². The molecule has 18 heavy (non-hydrogen) atoms. The molecule has 4 heteroatoms. The van der Waals surface area contributed by atoms with E-state index in [-0.39, 0.29) is 12.1 Å². The Morgan fingerprint density at radius 1 is 1.22 bits per heavy atom. The summed E-state index contributed by atoms with van der Waals surface area (Å²) in [7, 11) is 0. The third-order valence-corrected chi connectivity index (χ3v) is 3.21. The van der Waals surface area contributed by atoms with E-state index in [4.69, 9.17) is 14.6 Å². The normalized spacial score (nSPS) is 15.3. The lowest BCUT2D eigenvalue weighted by molar-refractivity contribution is 0.247. The van der Waals surface area contributed by atoms with Gasteiger partial charge in [-0.15, -0.1) is 0 Å². The lowest BCUT2D eigenvalue weighted by Gasteiger charge is -2.26. The second-order valence-corrected chi connectivity index (χ2v) is 5.18. The molecule has 1 aromatic carbocycles. The van der Waals surface area contributed by atoms with Crippen LogP contribution in [-0.4, -0.2) is 31.6 Å². The van der Waals surface area contributed by atoms with Gasteiger partial charge in [-0.2, -0.15) is 0 Å². The first kappa shape index (κ1) is 13.2. The summed E-state index contributed by atoms with van der Waals surface area (Å²) in [5, 5.41) is 11.8. The topological polar surface area (TPSA) is 50.7 Å². The molecule has 1 heterocycles. The molecule has 0 aliphatic carbocycles. The number of ether oxygens (including phenoxy) is 2. The Bertz CT molecular complexity index is 404. The zero-order valence-electron chi connectivity index (χ0n) is 11.0. The fraction of sp³-hybridized carbons (Fsp3) is 0.571. The number of hydrogen-bond donors (Lipinski definition) is 2. The Morgan fingerprint density at radius 2 is 1.94 bits per heavy atom. The van der Waals surface area contributed by atoms with E-state index < -0.39 is 0 Å². The van der Waals surface area contributed by atoms with Crippen LogP contribution in [-0.2, 0) is 5.41 Å². The predicted octanol–water partition coefficient (Wildman–Crippen LogP) is 1.66. The molecule has 4 nitrogen and oxygen atoms in total. The zero-order valence-corrected chi connectivity index (χ0v) is 11.0. The highest BCUT2D eigenvalue weighted by atomic mass is 16.5. The summed E-state index contributed by atoms with van der Waals surface area (Å²) in [5.74, 6) is 1.64. The van der Waals surface area contributed by atoms with Crippen molar-refractivity contribution in [2.75, 3.05) is 26.5 Å². The number of benzene rings is 1. The maximum atomic E-state index is 8.85. The van der Waals surface area contributed by atoms with Crippen LogP contribution in [0.25, 0.3) is 0 Å². The highest BCUT2D eigenvalue weighted by Crippen LogP contribution is 2.34. The minimum absolute atomic E-state index is 0.00597. The van der Waals surface area contributed by atoms with Crippen molar-refractivity contribution >= 4 is 0 Å². The molecule has 0 amide bonds. The largest absolute Gasteiger partial charge is 0.490 e. The molecule has 0 radical (unpaired) electrons. The van der Waals surface area contributed by atoms with Crippen molar-refractivity contribution < 1.29 is 14.6 Å². The molecule has 100 valence electrons. The minimum atomic E-state index is -0.0621. The highest BCUT2D eigenvalue weighted by Gasteiger charge is 2.22. The second kappa shape index (κ2) is 5.59. The molecule has 2 N–H and O–H groups in total. The van der Waals surface area contributed by atoms with Crippen molar-refractivity contribution in [3.05, 3.63) is 23.8 Å². The summed E-state index contributed by atoms with van der Waals surface area (Å²) in [6.07, 6.45) is 0.916. The molecule has 0 fully saturated rings. The van der Waals surface area contributed by atoms with E-state index in [0.29, 0.717) is 19.8 Å². The van der Waals surface area contributed by atoms with Crippen LogP contribution >= 0.6 is 0 Å². The molecule has 0 atom stereocenters. The third-order valence-electron chi connectivity index (χ3n) is 3.21. The van der Waals surface area contributed by atoms with Gasteiger partial charge in [-0.25, -0.2) is 0 Å². The molecule has 0 unspecified atom stereocenters. The van der Waals surface area contributed by atoms with E-state index in [9.17, 15) is 0 Å². The Labute approximate surface area is 108 Å². The molecule has 0 aromatic heterocycles. The molecule has 0 saturated carbocycles. The number of rotatable bonds is 4. The van der Waals surface area contributed by atoms with Gasteiger partial charge in [0.25, 0.3) is 0 Å². The first-order valence-corrected chi connectivity index (χ1v) is 6.35. The summed E-state index contributed by atoms with van der Waals surface area (Å²) < 4.78 is 11.3. The average molecular weight is 251 g/mol. The van der Waals surface area contributed by atoms with Gasteiger partial charge in [-0.05, 0) is 17.7 Å². The van der Waals surface area contributed by atoms with E-state index in [1.165, 1.54) is 5.56 Å². The average Bonchev–Trinajstić information content (AvgIpc) is 2.60. The molecule has 1 aliphatic heterocycles. The standard InChI is InChI=1S/C14H21NO3/c1-14(2,9-15-10-16)11-4-5-12-13(8-11)18-7-3-6-17-12/h4-5,8,15-16H,3,6-7,9-10H2,1-2H3. The molecule has 1 aromatic rings. The number of hydrogen-bond acceptors (Lipinski definition) is 4. The molecule has 0 saturated heterocycles. The molecule has 2 rings (SSSR count). The lowest BCUT2D eigenvalue weighted by atomic mass is 9.84. The molecule has 0 spiro atoms. The molecular formula is C14H21NO3. The fourth-order valence-electron chi connectivity index (χ4n) is 2.05. The van der Waals surface area contributed by atoms with E-state index in [1.54, 1.807) is 0 Å². The van der Waals surface area contributed by atoms with Crippen LogP contribution in [0.4, 0.5) is 0 Å². The summed E-state index contributed by atoms with van der Waals surface area (Å²) >= 11 is 0. The van der Waals surface area contributed by atoms with Crippen molar-refractivity contribution in [1.29, 1.82) is 0 Å². The Kier molecular flexibility index (Phi) is 4.09. The summed E-state index contributed by atoms with van der Waals surface area (Å²) in [4.78, 5) is 0. The SMILES string of the molecule is CC(C)(CNCO)c1ccc2c(c1)OCCCO2. The van der Waals surface area contributed by atoms with Gasteiger partial charge in [0.15, 0.2) is 11.5 Å². The quantitative estimate of drug-likeness (QED) is 0.799. The Balaban J connectivity index is 2.21. The van der Waals surface area contributed by atoms with Crippen molar-refractivity contribution in [3.63, 3.8) is 0 Å². The maximum absolute atomic E-state index is 8.85. The molecular weight excluding hydrogens is 230 g/mol. The van der Waals surface area contributed by atoms with Crippen LogP contribution in [0.5, 0.6) is 11.5 Å². The van der Waals surface area contributed by atoms with Gasteiger partial charge in [0.1, 0.15) is 0 Å². The van der Waals surface area contributed by atoms with Gasteiger partial charge in [-0.3, -0.25) is 5.32 Å². The van der Waals surface area contributed by atoms with Crippen molar-refractivity contribution in [3.8, 4) is 11.5 Å². The summed E-state index contributed by atoms with van der Waals surface area (Å²) in [6, 6.07) is 6.07. The highest BCUT2D eigenvalue weighted by molar-refractivity contribution is 5.45. The van der Waals surface area contributed by atoms with Gasteiger partial charge < -0.3 is 14.6 Å². The van der Waals surface area contributed by atoms with Crippen LogP contribution in [0.2, 0.25) is 0 Å².